The molecular formula is C14H16N2O2S. The summed E-state index contributed by atoms with van der Waals surface area (Å²) in [5.41, 5.74) is 2.68. The lowest BCUT2D eigenvalue weighted by molar-refractivity contribution is -0.136. The van der Waals surface area contributed by atoms with Gasteiger partial charge in [-0.1, -0.05) is 36.9 Å². The van der Waals surface area contributed by atoms with Gasteiger partial charge in [-0.2, -0.15) is 0 Å². The second kappa shape index (κ2) is 6.43. The van der Waals surface area contributed by atoms with Crippen molar-refractivity contribution >= 4 is 28.8 Å². The van der Waals surface area contributed by atoms with Crippen LogP contribution in [0.4, 0.5) is 0 Å². The van der Waals surface area contributed by atoms with Gasteiger partial charge in [-0.15, -0.1) is 0 Å². The molecule has 0 radical (unpaired) electrons. The smallest absolute Gasteiger partial charge is 0.333 e. The topological polar surface area (TPSA) is 55.0 Å². The Hall–Kier alpha value is -1.75. The van der Waals surface area contributed by atoms with Crippen molar-refractivity contribution < 1.29 is 9.53 Å². The van der Waals surface area contributed by atoms with Gasteiger partial charge in [-0.05, 0) is 18.6 Å². The number of hydrogen-bond acceptors (Lipinski definition) is 4. The molecule has 1 heterocycles. The van der Waals surface area contributed by atoms with Crippen molar-refractivity contribution in [2.24, 2.45) is 0 Å². The summed E-state index contributed by atoms with van der Waals surface area (Å²) in [6, 6.07) is 7.90. The number of carbonyl (C=O) groups excluding carboxylic acids is 1. The van der Waals surface area contributed by atoms with Crippen LogP contribution in [-0.2, 0) is 9.53 Å². The predicted molar refractivity (Wildman–Crippen MR) is 77.2 cm³/mol. The third-order valence-corrected chi connectivity index (χ3v) is 3.55. The average molecular weight is 276 g/mol. The molecule has 4 nitrogen and oxygen atoms in total. The van der Waals surface area contributed by atoms with E-state index < -0.39 is 0 Å². The number of rotatable bonds is 5. The Morgan fingerprint density at radius 1 is 1.47 bits per heavy atom. The van der Waals surface area contributed by atoms with E-state index >= 15 is 0 Å². The number of fused-ring (bicyclic) bond motifs is 1. The van der Waals surface area contributed by atoms with Crippen LogP contribution in [0.15, 0.2) is 41.1 Å². The molecule has 5 heteroatoms. The lowest BCUT2D eigenvalue weighted by atomic mass is 10.2. The number of hydrogen-bond donors (Lipinski definition) is 1. The van der Waals surface area contributed by atoms with Crippen LogP contribution >= 0.6 is 11.8 Å². The van der Waals surface area contributed by atoms with Crippen LogP contribution in [0.3, 0.4) is 0 Å². The zero-order valence-electron chi connectivity index (χ0n) is 11.0. The number of carbonyl (C=O) groups is 1. The van der Waals surface area contributed by atoms with Crippen LogP contribution in [-0.4, -0.2) is 28.8 Å². The van der Waals surface area contributed by atoms with Gasteiger partial charge in [0.05, 0.1) is 18.1 Å². The lowest BCUT2D eigenvalue weighted by Gasteiger charge is -2.01. The summed E-state index contributed by atoms with van der Waals surface area (Å²) in [5, 5.41) is 0.859. The summed E-state index contributed by atoms with van der Waals surface area (Å²) in [7, 11) is 1.40. The van der Waals surface area contributed by atoms with Crippen LogP contribution < -0.4 is 0 Å². The maximum Gasteiger partial charge on any atom is 0.333 e. The zero-order valence-corrected chi connectivity index (χ0v) is 11.8. The molecule has 0 atom stereocenters. The molecule has 0 saturated carbocycles. The molecule has 0 bridgehead atoms. The number of benzene rings is 1. The van der Waals surface area contributed by atoms with Crippen molar-refractivity contribution in [1.29, 1.82) is 0 Å². The van der Waals surface area contributed by atoms with Gasteiger partial charge in [0.1, 0.15) is 0 Å². The number of aromatic nitrogens is 2. The van der Waals surface area contributed by atoms with Crippen molar-refractivity contribution in [3.63, 3.8) is 0 Å². The number of H-pyrrole nitrogens is 1. The number of imidazole rings is 1. The molecule has 0 fully saturated rings. The Kier molecular flexibility index (Phi) is 4.63. The summed E-state index contributed by atoms with van der Waals surface area (Å²) in [4.78, 5) is 19.1. The number of nitrogens with zero attached hydrogens (tertiary/aromatic N) is 1. The minimum absolute atomic E-state index is 0.257. The maximum atomic E-state index is 11.4. The standard InChI is InChI=1S/C14H16N2O2S/c1-3-10(13(17)18-2)8-9-19-14-15-11-6-4-5-7-12(11)16-14/h4-8H,3,9H2,1-2H3,(H,15,16). The van der Waals surface area contributed by atoms with Gasteiger partial charge in [0, 0.05) is 11.3 Å². The third-order valence-electron chi connectivity index (χ3n) is 2.75. The van der Waals surface area contributed by atoms with Crippen LogP contribution in [0.1, 0.15) is 13.3 Å². The first-order valence-electron chi connectivity index (χ1n) is 6.09. The molecule has 0 spiro atoms. The fraction of sp³-hybridized carbons (Fsp3) is 0.286. The predicted octanol–water partition coefficient (Wildman–Crippen LogP) is 3.16. The van der Waals surface area contributed by atoms with Crippen molar-refractivity contribution in [2.45, 2.75) is 18.5 Å². The maximum absolute atomic E-state index is 11.4. The summed E-state index contributed by atoms with van der Waals surface area (Å²) in [5.74, 6) is 0.436. The number of methoxy groups -OCH3 is 1. The Balaban J connectivity index is 2.02. The lowest BCUT2D eigenvalue weighted by Crippen LogP contribution is -2.04. The van der Waals surface area contributed by atoms with E-state index in [-0.39, 0.29) is 5.97 Å². The van der Waals surface area contributed by atoms with Crippen LogP contribution in [0.25, 0.3) is 11.0 Å². The van der Waals surface area contributed by atoms with E-state index in [1.165, 1.54) is 7.11 Å². The van der Waals surface area contributed by atoms with E-state index in [0.717, 1.165) is 16.2 Å². The first-order chi connectivity index (χ1) is 9.24. The summed E-state index contributed by atoms with van der Waals surface area (Å²) < 4.78 is 4.71. The highest BCUT2D eigenvalue weighted by molar-refractivity contribution is 7.99. The molecule has 0 aliphatic rings. The monoisotopic (exact) mass is 276 g/mol. The van der Waals surface area contributed by atoms with Crippen molar-refractivity contribution in [3.05, 3.63) is 35.9 Å². The summed E-state index contributed by atoms with van der Waals surface area (Å²) in [6.45, 7) is 1.94. The Bertz CT molecular complexity index is 571. The summed E-state index contributed by atoms with van der Waals surface area (Å²) >= 11 is 1.57. The SMILES string of the molecule is CCC(=CCSc1nc2ccccc2[nH]1)C(=O)OC. The van der Waals surface area contributed by atoms with E-state index in [0.29, 0.717) is 17.7 Å². The van der Waals surface area contributed by atoms with E-state index in [4.69, 9.17) is 4.74 Å². The second-order valence-electron chi connectivity index (χ2n) is 3.94. The van der Waals surface area contributed by atoms with Gasteiger partial charge in [0.15, 0.2) is 5.16 Å². The fourth-order valence-corrected chi connectivity index (χ4v) is 2.51. The molecular weight excluding hydrogens is 260 g/mol. The molecule has 100 valence electrons. The highest BCUT2D eigenvalue weighted by atomic mass is 32.2. The van der Waals surface area contributed by atoms with Crippen molar-refractivity contribution in [3.8, 4) is 0 Å². The molecule has 19 heavy (non-hydrogen) atoms. The molecule has 0 amide bonds. The first kappa shape index (κ1) is 13.7. The number of nitrogens with one attached hydrogen (secondary N) is 1. The number of thioether (sulfide) groups is 1. The molecule has 1 N–H and O–H groups in total. The summed E-state index contributed by atoms with van der Waals surface area (Å²) in [6.07, 6.45) is 2.57. The Labute approximate surface area is 116 Å². The van der Waals surface area contributed by atoms with Gasteiger partial charge in [-0.3, -0.25) is 0 Å². The largest absolute Gasteiger partial charge is 0.466 e. The molecule has 2 rings (SSSR count). The highest BCUT2D eigenvalue weighted by Crippen LogP contribution is 2.19. The molecule has 0 aliphatic heterocycles. The van der Waals surface area contributed by atoms with Gasteiger partial charge >= 0.3 is 5.97 Å². The Morgan fingerprint density at radius 2 is 2.26 bits per heavy atom. The average Bonchev–Trinajstić information content (AvgIpc) is 2.85. The van der Waals surface area contributed by atoms with Crippen LogP contribution in [0.2, 0.25) is 0 Å². The van der Waals surface area contributed by atoms with E-state index in [2.05, 4.69) is 9.97 Å². The van der Waals surface area contributed by atoms with Crippen molar-refractivity contribution in [2.75, 3.05) is 12.9 Å². The van der Waals surface area contributed by atoms with Gasteiger partial charge < -0.3 is 9.72 Å². The molecule has 0 saturated heterocycles. The quantitative estimate of drug-likeness (QED) is 0.518. The van der Waals surface area contributed by atoms with Crippen molar-refractivity contribution in [1.82, 2.24) is 9.97 Å². The Morgan fingerprint density at radius 3 is 2.95 bits per heavy atom. The van der Waals surface area contributed by atoms with Crippen LogP contribution in [0, 0.1) is 0 Å². The molecule has 0 unspecified atom stereocenters. The first-order valence-corrected chi connectivity index (χ1v) is 7.08. The zero-order chi connectivity index (χ0) is 13.7. The molecule has 2 aromatic rings. The minimum atomic E-state index is -0.257. The van der Waals surface area contributed by atoms with Gasteiger partial charge in [0.25, 0.3) is 0 Å². The van der Waals surface area contributed by atoms with Crippen LogP contribution in [0.5, 0.6) is 0 Å². The molecule has 0 aliphatic carbocycles. The normalized spacial score (nSPS) is 11.8. The highest BCUT2D eigenvalue weighted by Gasteiger charge is 2.07. The van der Waals surface area contributed by atoms with E-state index in [9.17, 15) is 4.79 Å². The third kappa shape index (κ3) is 3.38. The fourth-order valence-electron chi connectivity index (χ4n) is 1.72. The number of para-hydroxylation sites is 2. The molecule has 1 aromatic carbocycles. The van der Waals surface area contributed by atoms with Gasteiger partial charge in [0.2, 0.25) is 0 Å². The van der Waals surface area contributed by atoms with E-state index in [1.54, 1.807) is 11.8 Å². The number of esters is 1. The van der Waals surface area contributed by atoms with E-state index in [1.807, 2.05) is 37.3 Å². The molecule has 1 aromatic heterocycles. The second-order valence-corrected chi connectivity index (χ2v) is 4.95. The number of aromatic amines is 1. The number of ether oxygens (including phenoxy) is 1. The minimum Gasteiger partial charge on any atom is -0.466 e. The van der Waals surface area contributed by atoms with Gasteiger partial charge in [-0.25, -0.2) is 9.78 Å².